The Hall–Kier alpha value is -10.1. The van der Waals surface area contributed by atoms with Gasteiger partial charge < -0.3 is 0 Å². The largest absolute Gasteiger partial charge is 0.0714 e. The Morgan fingerprint density at radius 3 is 0.815 bits per heavy atom. The number of rotatable bonds is 11. The summed E-state index contributed by atoms with van der Waals surface area (Å²) in [5, 5.41) is 0. The highest BCUT2D eigenvalue weighted by molar-refractivity contribution is 5.98. The highest BCUT2D eigenvalue weighted by atomic mass is 14.5. The smallest absolute Gasteiger partial charge is 0.0622 e. The quantitative estimate of drug-likeness (QED) is 0.121. The Kier molecular flexibility index (Phi) is 12.7. The van der Waals surface area contributed by atoms with Crippen LogP contribution in [0.15, 0.2) is 315 Å². The van der Waals surface area contributed by atoms with Gasteiger partial charge in [0, 0.05) is 0 Å². The SMILES string of the molecule is Cc1ccccc1-c1cccc2c1-c1c(C)cccc1C2(c1cc(-c2cccc(-c3ccccc3)c2)cc(-c2cccc(-c3ccccc3)c2)c1)c1cc(-c2cccc(-c3ccccc3)c2)cc(-c2cccc(-c3ccccc3)c2)c1. The topological polar surface area (TPSA) is 0 Å². The van der Waals surface area contributed by atoms with Crippen molar-refractivity contribution in [2.75, 3.05) is 0 Å². The van der Waals surface area contributed by atoms with Crippen LogP contribution in [0.4, 0.5) is 0 Å². The van der Waals surface area contributed by atoms with Crippen LogP contribution in [0.3, 0.4) is 0 Å². The molecule has 0 spiro atoms. The summed E-state index contributed by atoms with van der Waals surface area (Å²) in [6, 6.07) is 118. The molecule has 81 heavy (non-hydrogen) atoms. The molecule has 0 N–H and O–H groups in total. The maximum atomic E-state index is 2.52. The zero-order chi connectivity index (χ0) is 54.3. The van der Waals surface area contributed by atoms with E-state index >= 15 is 0 Å². The molecule has 0 aliphatic heterocycles. The van der Waals surface area contributed by atoms with Crippen LogP contribution in [-0.4, -0.2) is 0 Å². The molecular formula is C81H58. The van der Waals surface area contributed by atoms with Gasteiger partial charge in [0.2, 0.25) is 0 Å². The minimum absolute atomic E-state index is 0.826. The van der Waals surface area contributed by atoms with Crippen molar-refractivity contribution in [2.24, 2.45) is 0 Å². The fourth-order valence-corrected chi connectivity index (χ4v) is 12.9. The molecular weight excluding hydrogens is 973 g/mol. The first kappa shape index (κ1) is 49.2. The lowest BCUT2D eigenvalue weighted by Crippen LogP contribution is -2.29. The van der Waals surface area contributed by atoms with E-state index in [-0.39, 0.29) is 0 Å². The zero-order valence-electron chi connectivity index (χ0n) is 45.5. The van der Waals surface area contributed by atoms with Gasteiger partial charge in [-0.3, -0.25) is 0 Å². The van der Waals surface area contributed by atoms with Gasteiger partial charge in [-0.1, -0.05) is 255 Å². The normalized spacial score (nSPS) is 12.2. The number of hydrogen-bond acceptors (Lipinski definition) is 0. The second kappa shape index (κ2) is 20.9. The Balaban J connectivity index is 1.12. The molecule has 0 heteroatoms. The summed E-state index contributed by atoms with van der Waals surface area (Å²) in [5.74, 6) is 0. The van der Waals surface area contributed by atoms with E-state index in [2.05, 4.69) is 329 Å². The summed E-state index contributed by atoms with van der Waals surface area (Å²) < 4.78 is 0. The maximum Gasteiger partial charge on any atom is 0.0714 e. The monoisotopic (exact) mass is 1030 g/mol. The Bertz CT molecular complexity index is 4040. The van der Waals surface area contributed by atoms with Crippen molar-refractivity contribution in [3.05, 3.63) is 349 Å². The lowest BCUT2D eigenvalue weighted by molar-refractivity contribution is 0.769. The van der Waals surface area contributed by atoms with E-state index in [1.54, 1.807) is 0 Å². The second-order valence-electron chi connectivity index (χ2n) is 21.7. The minimum Gasteiger partial charge on any atom is -0.0622 e. The molecule has 1 aliphatic carbocycles. The second-order valence-corrected chi connectivity index (χ2v) is 21.7. The first-order valence-corrected chi connectivity index (χ1v) is 28.2. The first-order chi connectivity index (χ1) is 40.0. The molecule has 0 atom stereocenters. The van der Waals surface area contributed by atoms with Crippen LogP contribution < -0.4 is 0 Å². The molecule has 0 bridgehead atoms. The molecule has 0 fully saturated rings. The number of fused-ring (bicyclic) bond motifs is 3. The third-order valence-electron chi connectivity index (χ3n) is 16.8. The average Bonchev–Trinajstić information content (AvgIpc) is 4.10. The van der Waals surface area contributed by atoms with E-state index in [4.69, 9.17) is 0 Å². The summed E-state index contributed by atoms with van der Waals surface area (Å²) in [5.41, 5.74) is 30.5. The van der Waals surface area contributed by atoms with Crippen molar-refractivity contribution in [1.29, 1.82) is 0 Å². The Labute approximate surface area is 476 Å². The fraction of sp³-hybridized carbons (Fsp3) is 0.0370. The molecule has 0 unspecified atom stereocenters. The van der Waals surface area contributed by atoms with E-state index in [1.807, 2.05) is 0 Å². The number of benzene rings is 13. The average molecular weight is 1030 g/mol. The van der Waals surface area contributed by atoms with E-state index in [0.29, 0.717) is 0 Å². The van der Waals surface area contributed by atoms with Crippen LogP contribution >= 0.6 is 0 Å². The highest BCUT2D eigenvalue weighted by Crippen LogP contribution is 2.61. The minimum atomic E-state index is -0.826. The lowest BCUT2D eigenvalue weighted by atomic mass is 9.65. The molecule has 1 aliphatic rings. The summed E-state index contributed by atoms with van der Waals surface area (Å²) in [4.78, 5) is 0. The summed E-state index contributed by atoms with van der Waals surface area (Å²) in [6.45, 7) is 4.56. The zero-order valence-corrected chi connectivity index (χ0v) is 45.5. The highest BCUT2D eigenvalue weighted by Gasteiger charge is 2.48. The van der Waals surface area contributed by atoms with Gasteiger partial charge in [-0.15, -0.1) is 0 Å². The van der Waals surface area contributed by atoms with Crippen molar-refractivity contribution in [2.45, 2.75) is 19.3 Å². The van der Waals surface area contributed by atoms with Gasteiger partial charge in [0.05, 0.1) is 5.41 Å². The van der Waals surface area contributed by atoms with Crippen molar-refractivity contribution < 1.29 is 0 Å². The van der Waals surface area contributed by atoms with Crippen LogP contribution in [0.1, 0.15) is 33.4 Å². The summed E-state index contributed by atoms with van der Waals surface area (Å²) in [7, 11) is 0. The number of hydrogen-bond donors (Lipinski definition) is 0. The van der Waals surface area contributed by atoms with Crippen LogP contribution in [-0.2, 0) is 5.41 Å². The van der Waals surface area contributed by atoms with E-state index in [9.17, 15) is 0 Å². The lowest BCUT2D eigenvalue weighted by Gasteiger charge is -2.36. The molecule has 0 heterocycles. The van der Waals surface area contributed by atoms with Gasteiger partial charge in [0.1, 0.15) is 0 Å². The summed E-state index contributed by atoms with van der Waals surface area (Å²) in [6.07, 6.45) is 0. The molecule has 13 aromatic rings. The molecule has 0 saturated carbocycles. The maximum absolute atomic E-state index is 2.52. The molecule has 0 amide bonds. The number of aryl methyl sites for hydroxylation is 2. The third kappa shape index (κ3) is 9.02. The molecule has 0 nitrogen and oxygen atoms in total. The van der Waals surface area contributed by atoms with Crippen molar-refractivity contribution in [3.8, 4) is 111 Å². The molecule has 0 saturated heterocycles. The van der Waals surface area contributed by atoms with E-state index in [0.717, 1.165) is 44.5 Å². The molecule has 0 radical (unpaired) electrons. The molecule has 14 rings (SSSR count). The van der Waals surface area contributed by atoms with Crippen LogP contribution in [0.2, 0.25) is 0 Å². The van der Waals surface area contributed by atoms with Crippen molar-refractivity contribution in [3.63, 3.8) is 0 Å². The van der Waals surface area contributed by atoms with E-state index < -0.39 is 5.41 Å². The van der Waals surface area contributed by atoms with Gasteiger partial charge in [-0.05, 0) is 219 Å². The van der Waals surface area contributed by atoms with Crippen molar-refractivity contribution >= 4 is 0 Å². The van der Waals surface area contributed by atoms with Crippen LogP contribution in [0, 0.1) is 13.8 Å². The van der Waals surface area contributed by atoms with E-state index in [1.165, 1.54) is 100 Å². The van der Waals surface area contributed by atoms with Gasteiger partial charge >= 0.3 is 0 Å². The third-order valence-corrected chi connectivity index (χ3v) is 16.8. The van der Waals surface area contributed by atoms with Crippen molar-refractivity contribution in [1.82, 2.24) is 0 Å². The van der Waals surface area contributed by atoms with Gasteiger partial charge in [0.15, 0.2) is 0 Å². The molecule has 382 valence electrons. The fourth-order valence-electron chi connectivity index (χ4n) is 12.9. The Morgan fingerprint density at radius 1 is 0.185 bits per heavy atom. The van der Waals surface area contributed by atoms with Gasteiger partial charge in [-0.2, -0.15) is 0 Å². The van der Waals surface area contributed by atoms with Crippen LogP contribution in [0.5, 0.6) is 0 Å². The standard InChI is InChI=1S/C81H58/c1-55-23-15-16-41-75(55)76-42-22-44-78-80(76)79-56(2)24-17-43-77(79)81(78,73-51-69(65-37-18-33-61(45-65)57-25-7-3-8-26-57)49-70(52-73)66-38-19-34-62(46-66)58-27-9-4-10-28-58)74-53-71(67-39-20-35-63(47-67)59-29-11-5-12-30-59)50-72(54-74)68-40-21-36-64(48-68)60-31-13-6-14-32-60/h3-54H,1-2H3. The summed E-state index contributed by atoms with van der Waals surface area (Å²) >= 11 is 0. The van der Waals surface area contributed by atoms with Gasteiger partial charge in [-0.25, -0.2) is 0 Å². The van der Waals surface area contributed by atoms with Crippen LogP contribution in [0.25, 0.3) is 111 Å². The predicted molar refractivity (Wildman–Crippen MR) is 342 cm³/mol. The molecule has 0 aromatic heterocycles. The van der Waals surface area contributed by atoms with Gasteiger partial charge in [0.25, 0.3) is 0 Å². The Morgan fingerprint density at radius 2 is 0.444 bits per heavy atom. The molecule has 13 aromatic carbocycles. The first-order valence-electron chi connectivity index (χ1n) is 28.2. The predicted octanol–water partition coefficient (Wildman–Crippen LogP) is 21.7.